The van der Waals surface area contributed by atoms with Gasteiger partial charge < -0.3 is 4.74 Å². The van der Waals surface area contributed by atoms with Gasteiger partial charge in [-0.15, -0.1) is 0 Å². The number of hydrogen-bond donors (Lipinski definition) is 1. The van der Waals surface area contributed by atoms with Crippen LogP contribution < -0.4 is 4.74 Å². The van der Waals surface area contributed by atoms with Crippen molar-refractivity contribution in [2.45, 2.75) is 39.0 Å². The molecule has 0 amide bonds. The maximum Gasteiger partial charge on any atom is 0.397 e. The normalized spacial score (nSPS) is 15.0. The fourth-order valence-electron chi connectivity index (χ4n) is 2.08. The van der Waals surface area contributed by atoms with Crippen molar-refractivity contribution < 1.29 is 21.9 Å². The zero-order valence-corrected chi connectivity index (χ0v) is 13.6. The molecule has 0 aromatic heterocycles. The van der Waals surface area contributed by atoms with E-state index < -0.39 is 16.5 Å². The molecule has 0 unspecified atom stereocenters. The molecular weight excluding hydrogens is 294 g/mol. The molecule has 1 N–H and O–H groups in total. The van der Waals surface area contributed by atoms with Crippen LogP contribution in [0.1, 0.15) is 25.8 Å². The maximum atomic E-state index is 10.7. The monoisotopic (exact) mass is 317 g/mol. The van der Waals surface area contributed by atoms with Gasteiger partial charge in [0.2, 0.25) is 0 Å². The molecule has 0 spiro atoms. The quantitative estimate of drug-likeness (QED) is 0.740. The standard InChI is InChI=1S/C14H23NO5S/c1-11(9-12(2)20-21(16,17)18)15(3)10-13-5-7-14(19-4)8-6-13/h5-8,11-12H,9-10H2,1-4H3,(H,16,17,18)/t11-,12+/m1/s1. The van der Waals surface area contributed by atoms with Gasteiger partial charge in [-0.3, -0.25) is 9.45 Å². The van der Waals surface area contributed by atoms with Crippen molar-refractivity contribution in [3.8, 4) is 5.75 Å². The molecule has 2 atom stereocenters. The summed E-state index contributed by atoms with van der Waals surface area (Å²) in [6.45, 7) is 4.32. The Hall–Kier alpha value is -1.15. The van der Waals surface area contributed by atoms with Gasteiger partial charge in [-0.05, 0) is 45.0 Å². The molecule has 1 aromatic rings. The van der Waals surface area contributed by atoms with Crippen LogP contribution in [0.3, 0.4) is 0 Å². The second kappa shape index (κ2) is 7.74. The zero-order chi connectivity index (χ0) is 16.0. The summed E-state index contributed by atoms with van der Waals surface area (Å²) in [4.78, 5) is 2.09. The molecule has 0 heterocycles. The van der Waals surface area contributed by atoms with Crippen molar-refractivity contribution in [2.75, 3.05) is 14.2 Å². The predicted molar refractivity (Wildman–Crippen MR) is 80.6 cm³/mol. The average Bonchev–Trinajstić information content (AvgIpc) is 2.37. The lowest BCUT2D eigenvalue weighted by molar-refractivity contribution is 0.139. The van der Waals surface area contributed by atoms with Crippen molar-refractivity contribution >= 4 is 10.4 Å². The smallest absolute Gasteiger partial charge is 0.397 e. The van der Waals surface area contributed by atoms with Gasteiger partial charge in [-0.25, -0.2) is 4.18 Å². The van der Waals surface area contributed by atoms with E-state index in [1.54, 1.807) is 14.0 Å². The van der Waals surface area contributed by atoms with Crippen molar-refractivity contribution in [3.05, 3.63) is 29.8 Å². The first-order valence-electron chi connectivity index (χ1n) is 6.70. The third-order valence-corrected chi connectivity index (χ3v) is 3.87. The number of benzene rings is 1. The number of nitrogens with zero attached hydrogens (tertiary/aromatic N) is 1. The van der Waals surface area contributed by atoms with Gasteiger partial charge in [0, 0.05) is 12.6 Å². The molecule has 7 heteroatoms. The van der Waals surface area contributed by atoms with E-state index in [-0.39, 0.29) is 6.04 Å². The van der Waals surface area contributed by atoms with Crippen LogP contribution in [-0.4, -0.2) is 44.2 Å². The van der Waals surface area contributed by atoms with Crippen LogP contribution in [0, 0.1) is 0 Å². The van der Waals surface area contributed by atoms with E-state index in [1.807, 2.05) is 38.2 Å². The van der Waals surface area contributed by atoms with Crippen LogP contribution in [0.4, 0.5) is 0 Å². The van der Waals surface area contributed by atoms with Gasteiger partial charge >= 0.3 is 10.4 Å². The van der Waals surface area contributed by atoms with Gasteiger partial charge in [0.25, 0.3) is 0 Å². The van der Waals surface area contributed by atoms with E-state index in [1.165, 1.54) is 0 Å². The number of methoxy groups -OCH3 is 1. The second-order valence-corrected chi connectivity index (χ2v) is 6.23. The lowest BCUT2D eigenvalue weighted by atomic mass is 10.1. The largest absolute Gasteiger partial charge is 0.497 e. The number of hydrogen-bond acceptors (Lipinski definition) is 5. The molecule has 120 valence electrons. The van der Waals surface area contributed by atoms with E-state index in [9.17, 15) is 8.42 Å². The summed E-state index contributed by atoms with van der Waals surface area (Å²) >= 11 is 0. The van der Waals surface area contributed by atoms with Gasteiger partial charge in [0.15, 0.2) is 0 Å². The molecule has 0 saturated carbocycles. The Labute approximate surface area is 126 Å². The summed E-state index contributed by atoms with van der Waals surface area (Å²) < 4.78 is 39.6. The average molecular weight is 317 g/mol. The van der Waals surface area contributed by atoms with Gasteiger partial charge in [0.1, 0.15) is 5.75 Å². The second-order valence-electron chi connectivity index (χ2n) is 5.18. The Bertz CT molecular complexity index is 529. The summed E-state index contributed by atoms with van der Waals surface area (Å²) in [5.41, 5.74) is 1.13. The summed E-state index contributed by atoms with van der Waals surface area (Å²) in [6, 6.07) is 7.87. The Morgan fingerprint density at radius 1 is 1.24 bits per heavy atom. The molecule has 0 saturated heterocycles. The Balaban J connectivity index is 2.51. The Kier molecular flexibility index (Phi) is 6.60. The Morgan fingerprint density at radius 3 is 2.29 bits per heavy atom. The predicted octanol–water partition coefficient (Wildman–Crippen LogP) is 2.11. The van der Waals surface area contributed by atoms with Crippen molar-refractivity contribution in [1.82, 2.24) is 4.90 Å². The van der Waals surface area contributed by atoms with E-state index >= 15 is 0 Å². The first-order valence-corrected chi connectivity index (χ1v) is 8.06. The summed E-state index contributed by atoms with van der Waals surface area (Å²) in [5.74, 6) is 0.810. The van der Waals surface area contributed by atoms with Crippen LogP contribution in [0.5, 0.6) is 5.75 Å². The minimum absolute atomic E-state index is 0.101. The van der Waals surface area contributed by atoms with Crippen LogP contribution in [0.15, 0.2) is 24.3 Å². The van der Waals surface area contributed by atoms with Crippen molar-refractivity contribution in [2.24, 2.45) is 0 Å². The maximum absolute atomic E-state index is 10.7. The van der Waals surface area contributed by atoms with Crippen molar-refractivity contribution in [3.63, 3.8) is 0 Å². The van der Waals surface area contributed by atoms with E-state index in [4.69, 9.17) is 9.29 Å². The summed E-state index contributed by atoms with van der Waals surface area (Å²) in [5, 5.41) is 0. The van der Waals surface area contributed by atoms with Gasteiger partial charge in [0.05, 0.1) is 13.2 Å². The molecule has 1 rings (SSSR count). The fourth-order valence-corrected chi connectivity index (χ4v) is 2.58. The first kappa shape index (κ1) is 17.9. The lowest BCUT2D eigenvalue weighted by Gasteiger charge is -2.26. The van der Waals surface area contributed by atoms with E-state index in [0.29, 0.717) is 6.42 Å². The first-order chi connectivity index (χ1) is 9.71. The molecule has 6 nitrogen and oxygen atoms in total. The minimum atomic E-state index is -4.39. The zero-order valence-electron chi connectivity index (χ0n) is 12.8. The topological polar surface area (TPSA) is 76.1 Å². The van der Waals surface area contributed by atoms with Crippen LogP contribution in [-0.2, 0) is 21.1 Å². The van der Waals surface area contributed by atoms with Crippen LogP contribution in [0.25, 0.3) is 0 Å². The number of rotatable bonds is 8. The van der Waals surface area contributed by atoms with Crippen LogP contribution >= 0.6 is 0 Å². The molecule has 0 radical (unpaired) electrons. The number of ether oxygens (including phenoxy) is 1. The molecule has 0 fully saturated rings. The van der Waals surface area contributed by atoms with E-state index in [2.05, 4.69) is 9.08 Å². The fraction of sp³-hybridized carbons (Fsp3) is 0.571. The summed E-state index contributed by atoms with van der Waals surface area (Å²) in [6.07, 6.45) is -0.0831. The summed E-state index contributed by atoms with van der Waals surface area (Å²) in [7, 11) is -0.815. The third-order valence-electron chi connectivity index (χ3n) is 3.30. The molecule has 0 bridgehead atoms. The Morgan fingerprint density at radius 2 is 1.81 bits per heavy atom. The van der Waals surface area contributed by atoms with Crippen molar-refractivity contribution in [1.29, 1.82) is 0 Å². The highest BCUT2D eigenvalue weighted by atomic mass is 32.3. The molecular formula is C14H23NO5S. The highest BCUT2D eigenvalue weighted by Crippen LogP contribution is 2.15. The van der Waals surface area contributed by atoms with Gasteiger partial charge in [-0.2, -0.15) is 8.42 Å². The molecule has 0 aliphatic heterocycles. The SMILES string of the molecule is COc1ccc(CN(C)[C@H](C)C[C@H](C)OS(=O)(=O)O)cc1. The third kappa shape index (κ3) is 6.90. The molecule has 21 heavy (non-hydrogen) atoms. The lowest BCUT2D eigenvalue weighted by Crippen LogP contribution is -2.32. The minimum Gasteiger partial charge on any atom is -0.497 e. The molecule has 0 aliphatic rings. The van der Waals surface area contributed by atoms with Gasteiger partial charge in [-0.1, -0.05) is 12.1 Å². The van der Waals surface area contributed by atoms with Crippen LogP contribution in [0.2, 0.25) is 0 Å². The molecule has 1 aromatic carbocycles. The highest BCUT2D eigenvalue weighted by Gasteiger charge is 2.18. The highest BCUT2D eigenvalue weighted by molar-refractivity contribution is 7.80. The molecule has 0 aliphatic carbocycles. The van der Waals surface area contributed by atoms with E-state index in [0.717, 1.165) is 17.9 Å².